The van der Waals surface area contributed by atoms with Gasteiger partial charge in [0.05, 0.1) is 14.2 Å². The highest BCUT2D eigenvalue weighted by Gasteiger charge is 2.44. The minimum atomic E-state index is -1.37. The second kappa shape index (κ2) is 7.31. The number of halogens is 1. The van der Waals surface area contributed by atoms with Crippen molar-refractivity contribution in [2.75, 3.05) is 14.2 Å². The fraction of sp³-hybridized carbons (Fsp3) is 0.467. The predicted octanol–water partition coefficient (Wildman–Crippen LogP) is 3.18. The number of para-hydroxylation sites is 1. The van der Waals surface area contributed by atoms with Crippen LogP contribution < -0.4 is 14.2 Å². The van der Waals surface area contributed by atoms with Crippen molar-refractivity contribution >= 4 is 22.8 Å². The van der Waals surface area contributed by atoms with Gasteiger partial charge in [0.2, 0.25) is 11.0 Å². The van der Waals surface area contributed by atoms with Gasteiger partial charge >= 0.3 is 5.97 Å². The highest BCUT2D eigenvalue weighted by Crippen LogP contribution is 2.40. The van der Waals surface area contributed by atoms with E-state index in [9.17, 15) is 9.59 Å². The lowest BCUT2D eigenvalue weighted by Crippen LogP contribution is -2.39. The Labute approximate surface area is 129 Å². The van der Waals surface area contributed by atoms with Crippen molar-refractivity contribution in [2.45, 2.75) is 26.7 Å². The van der Waals surface area contributed by atoms with Gasteiger partial charge in [-0.25, -0.2) is 0 Å². The molecule has 0 unspecified atom stereocenters. The molecule has 0 radical (unpaired) electrons. The molecule has 0 N–H and O–H groups in total. The van der Waals surface area contributed by atoms with Gasteiger partial charge in [0, 0.05) is 0 Å². The van der Waals surface area contributed by atoms with Crippen LogP contribution >= 0.6 is 11.6 Å². The number of carbonyl (C=O) groups excluding carboxylic acids is 2. The van der Waals surface area contributed by atoms with Crippen molar-refractivity contribution in [2.24, 2.45) is 5.41 Å². The zero-order valence-corrected chi connectivity index (χ0v) is 13.3. The van der Waals surface area contributed by atoms with Crippen LogP contribution in [0.5, 0.6) is 17.2 Å². The molecular formula is C15H19ClO5. The zero-order valence-electron chi connectivity index (χ0n) is 12.6. The third-order valence-corrected chi connectivity index (χ3v) is 3.91. The molecule has 0 heterocycles. The molecule has 0 saturated heterocycles. The van der Waals surface area contributed by atoms with E-state index in [-0.39, 0.29) is 18.6 Å². The summed E-state index contributed by atoms with van der Waals surface area (Å²) in [6.07, 6.45) is 0.504. The molecule has 5 nitrogen and oxygen atoms in total. The van der Waals surface area contributed by atoms with Crippen molar-refractivity contribution in [3.8, 4) is 17.2 Å². The summed E-state index contributed by atoms with van der Waals surface area (Å²) in [4.78, 5) is 24.1. The maximum absolute atomic E-state index is 12.4. The molecule has 0 bridgehead atoms. The van der Waals surface area contributed by atoms with E-state index in [1.807, 2.05) is 0 Å². The van der Waals surface area contributed by atoms with E-state index in [4.69, 9.17) is 25.8 Å². The Morgan fingerprint density at radius 3 is 1.90 bits per heavy atom. The Hall–Kier alpha value is -1.75. The molecular weight excluding hydrogens is 296 g/mol. The van der Waals surface area contributed by atoms with E-state index in [0.29, 0.717) is 11.5 Å². The van der Waals surface area contributed by atoms with Gasteiger partial charge in [-0.1, -0.05) is 19.9 Å². The summed E-state index contributed by atoms with van der Waals surface area (Å²) < 4.78 is 15.7. The molecule has 0 aliphatic heterocycles. The van der Waals surface area contributed by atoms with Crippen LogP contribution in [0.4, 0.5) is 0 Å². The summed E-state index contributed by atoms with van der Waals surface area (Å²) in [6.45, 7) is 3.43. The summed E-state index contributed by atoms with van der Waals surface area (Å²) >= 11 is 5.61. The molecule has 0 fully saturated rings. The van der Waals surface area contributed by atoms with E-state index < -0.39 is 16.6 Å². The molecule has 1 rings (SSSR count). The van der Waals surface area contributed by atoms with Crippen LogP contribution in [0.25, 0.3) is 0 Å². The van der Waals surface area contributed by atoms with Gasteiger partial charge in [-0.2, -0.15) is 0 Å². The number of hydrogen-bond acceptors (Lipinski definition) is 5. The first kappa shape index (κ1) is 17.3. The Morgan fingerprint density at radius 2 is 1.57 bits per heavy atom. The quantitative estimate of drug-likeness (QED) is 0.335. The molecule has 0 aliphatic rings. The highest BCUT2D eigenvalue weighted by atomic mass is 35.5. The largest absolute Gasteiger partial charge is 0.493 e. The molecule has 0 spiro atoms. The third-order valence-electron chi connectivity index (χ3n) is 3.55. The average Bonchev–Trinajstić information content (AvgIpc) is 2.48. The van der Waals surface area contributed by atoms with Gasteiger partial charge < -0.3 is 14.2 Å². The fourth-order valence-corrected chi connectivity index (χ4v) is 2.35. The first-order valence-corrected chi connectivity index (χ1v) is 6.97. The van der Waals surface area contributed by atoms with Crippen molar-refractivity contribution in [3.63, 3.8) is 0 Å². The lowest BCUT2D eigenvalue weighted by atomic mass is 9.84. The number of methoxy groups -OCH3 is 2. The van der Waals surface area contributed by atoms with Gasteiger partial charge in [0.1, 0.15) is 5.41 Å². The lowest BCUT2D eigenvalue weighted by Gasteiger charge is -2.25. The van der Waals surface area contributed by atoms with Crippen molar-refractivity contribution in [3.05, 3.63) is 18.2 Å². The standard InChI is InChI=1S/C15H19ClO5/c1-5-15(6-2,13(16)17)14(18)21-12-10(19-3)8-7-9-11(12)20-4/h7-9H,5-6H2,1-4H3. The summed E-state index contributed by atoms with van der Waals surface area (Å²) in [6, 6.07) is 4.97. The molecule has 1 aromatic carbocycles. The minimum absolute atomic E-state index is 0.136. The number of carbonyl (C=O) groups is 2. The van der Waals surface area contributed by atoms with Crippen LogP contribution in [-0.2, 0) is 9.59 Å². The Morgan fingerprint density at radius 1 is 1.10 bits per heavy atom. The zero-order chi connectivity index (χ0) is 16.0. The number of benzene rings is 1. The number of ether oxygens (including phenoxy) is 3. The number of rotatable bonds is 7. The summed E-state index contributed by atoms with van der Waals surface area (Å²) in [5.41, 5.74) is -1.37. The van der Waals surface area contributed by atoms with Gasteiger partial charge in [0.15, 0.2) is 11.5 Å². The van der Waals surface area contributed by atoms with Crippen LogP contribution in [0, 0.1) is 5.41 Å². The van der Waals surface area contributed by atoms with Crippen LogP contribution in [0.15, 0.2) is 18.2 Å². The first-order chi connectivity index (χ1) is 9.96. The molecule has 0 atom stereocenters. The molecule has 6 heteroatoms. The Balaban J connectivity index is 3.21. The van der Waals surface area contributed by atoms with Crippen molar-refractivity contribution in [1.29, 1.82) is 0 Å². The maximum Gasteiger partial charge on any atom is 0.326 e. The molecule has 116 valence electrons. The highest BCUT2D eigenvalue weighted by molar-refractivity contribution is 6.66. The van der Waals surface area contributed by atoms with E-state index in [0.717, 1.165) is 0 Å². The Kier molecular flexibility index (Phi) is 6.03. The molecule has 0 aliphatic carbocycles. The SMILES string of the molecule is CCC(CC)(C(=O)Cl)C(=O)Oc1c(OC)cccc1OC. The van der Waals surface area contributed by atoms with Crippen LogP contribution in [0.2, 0.25) is 0 Å². The van der Waals surface area contributed by atoms with Gasteiger partial charge in [0.25, 0.3) is 0 Å². The molecule has 0 aromatic heterocycles. The van der Waals surface area contributed by atoms with Crippen LogP contribution in [0.1, 0.15) is 26.7 Å². The van der Waals surface area contributed by atoms with E-state index in [1.165, 1.54) is 14.2 Å². The van der Waals surface area contributed by atoms with Crippen molar-refractivity contribution in [1.82, 2.24) is 0 Å². The van der Waals surface area contributed by atoms with Gasteiger partial charge in [-0.3, -0.25) is 9.59 Å². The van der Waals surface area contributed by atoms with Gasteiger partial charge in [-0.15, -0.1) is 0 Å². The Bertz CT molecular complexity index is 501. The molecule has 0 saturated carbocycles. The third kappa shape index (κ3) is 3.29. The topological polar surface area (TPSA) is 61.8 Å². The summed E-state index contributed by atoms with van der Waals surface area (Å²) in [7, 11) is 2.90. The smallest absolute Gasteiger partial charge is 0.326 e. The fourth-order valence-electron chi connectivity index (χ4n) is 2.01. The normalized spacial score (nSPS) is 10.9. The number of esters is 1. The molecule has 0 amide bonds. The maximum atomic E-state index is 12.4. The van der Waals surface area contributed by atoms with Crippen LogP contribution in [-0.4, -0.2) is 25.4 Å². The summed E-state index contributed by atoms with van der Waals surface area (Å²) in [5.74, 6) is 0.101. The van der Waals surface area contributed by atoms with Crippen LogP contribution in [0.3, 0.4) is 0 Å². The van der Waals surface area contributed by atoms with E-state index >= 15 is 0 Å². The minimum Gasteiger partial charge on any atom is -0.493 e. The predicted molar refractivity (Wildman–Crippen MR) is 79.1 cm³/mol. The molecule has 1 aromatic rings. The monoisotopic (exact) mass is 314 g/mol. The van der Waals surface area contributed by atoms with E-state index in [1.54, 1.807) is 32.0 Å². The van der Waals surface area contributed by atoms with Gasteiger partial charge in [-0.05, 0) is 36.6 Å². The van der Waals surface area contributed by atoms with Crippen molar-refractivity contribution < 1.29 is 23.8 Å². The lowest BCUT2D eigenvalue weighted by molar-refractivity contribution is -0.150. The second-order valence-electron chi connectivity index (χ2n) is 4.44. The number of hydrogen-bond donors (Lipinski definition) is 0. The average molecular weight is 315 g/mol. The summed E-state index contributed by atoms with van der Waals surface area (Å²) in [5, 5.41) is -0.730. The second-order valence-corrected chi connectivity index (χ2v) is 4.79. The first-order valence-electron chi connectivity index (χ1n) is 6.60. The molecule has 21 heavy (non-hydrogen) atoms. The van der Waals surface area contributed by atoms with E-state index in [2.05, 4.69) is 0 Å².